The van der Waals surface area contributed by atoms with Crippen molar-refractivity contribution >= 4 is 11.8 Å². The van der Waals surface area contributed by atoms with Gasteiger partial charge in [0, 0.05) is 0 Å². The molecule has 120 valence electrons. The minimum Gasteiger partial charge on any atom is -0.394 e. The molecule has 1 aromatic rings. The quantitative estimate of drug-likeness (QED) is 0.418. The van der Waals surface area contributed by atoms with E-state index in [1.165, 1.54) is 5.56 Å². The molecular weight excluding hydrogens is 292 g/mol. The molecule has 0 atom stereocenters. The SMILES string of the molecule is OCCOCCOCCOCSCOCc1ccccc1. The second-order valence-electron chi connectivity index (χ2n) is 4.13. The van der Waals surface area contributed by atoms with E-state index in [0.29, 0.717) is 51.5 Å². The molecule has 0 bridgehead atoms. The van der Waals surface area contributed by atoms with Crippen LogP contribution in [0.25, 0.3) is 0 Å². The second kappa shape index (κ2) is 14.3. The summed E-state index contributed by atoms with van der Waals surface area (Å²) < 4.78 is 21.3. The van der Waals surface area contributed by atoms with Gasteiger partial charge in [-0.1, -0.05) is 30.3 Å². The maximum Gasteiger partial charge on any atom is 0.0948 e. The fourth-order valence-electron chi connectivity index (χ4n) is 1.45. The standard InChI is InChI=1S/C15H24O5S/c16-6-7-17-8-9-18-10-11-19-13-21-14-20-12-15-4-2-1-3-5-15/h1-5,16H,6-14H2. The Morgan fingerprint density at radius 3 is 2.10 bits per heavy atom. The Labute approximate surface area is 130 Å². The topological polar surface area (TPSA) is 57.2 Å². The zero-order valence-electron chi connectivity index (χ0n) is 12.2. The van der Waals surface area contributed by atoms with Gasteiger partial charge in [-0.15, -0.1) is 11.8 Å². The first-order valence-corrected chi connectivity index (χ1v) is 8.12. The first kappa shape index (κ1) is 18.4. The monoisotopic (exact) mass is 316 g/mol. The van der Waals surface area contributed by atoms with Crippen LogP contribution in [0.2, 0.25) is 0 Å². The van der Waals surface area contributed by atoms with Gasteiger partial charge in [0.05, 0.1) is 58.1 Å². The van der Waals surface area contributed by atoms with Gasteiger partial charge in [0.2, 0.25) is 0 Å². The number of hydrogen-bond donors (Lipinski definition) is 1. The molecule has 0 aromatic heterocycles. The molecule has 0 amide bonds. The smallest absolute Gasteiger partial charge is 0.0948 e. The first-order chi connectivity index (χ1) is 10.4. The Morgan fingerprint density at radius 2 is 1.38 bits per heavy atom. The largest absolute Gasteiger partial charge is 0.394 e. The Hall–Kier alpha value is -0.630. The third-order valence-electron chi connectivity index (χ3n) is 2.42. The molecule has 21 heavy (non-hydrogen) atoms. The van der Waals surface area contributed by atoms with E-state index in [1.807, 2.05) is 30.3 Å². The van der Waals surface area contributed by atoms with Gasteiger partial charge in [0.1, 0.15) is 0 Å². The summed E-state index contributed by atoms with van der Waals surface area (Å²) in [5.74, 6) is 1.21. The van der Waals surface area contributed by atoms with E-state index in [1.54, 1.807) is 11.8 Å². The molecule has 0 aliphatic heterocycles. The van der Waals surface area contributed by atoms with Crippen molar-refractivity contribution in [2.24, 2.45) is 0 Å². The maximum atomic E-state index is 8.49. The van der Waals surface area contributed by atoms with Crippen LogP contribution >= 0.6 is 11.8 Å². The molecular formula is C15H24O5S. The average Bonchev–Trinajstić information content (AvgIpc) is 2.53. The molecule has 0 spiro atoms. The van der Waals surface area contributed by atoms with Crippen molar-refractivity contribution in [2.75, 3.05) is 51.5 Å². The van der Waals surface area contributed by atoms with Gasteiger partial charge in [-0.25, -0.2) is 0 Å². The van der Waals surface area contributed by atoms with Crippen LogP contribution in [0.15, 0.2) is 30.3 Å². The number of rotatable bonds is 14. The van der Waals surface area contributed by atoms with Crippen molar-refractivity contribution < 1.29 is 24.1 Å². The first-order valence-electron chi connectivity index (χ1n) is 6.97. The van der Waals surface area contributed by atoms with Crippen molar-refractivity contribution in [1.82, 2.24) is 0 Å². The van der Waals surface area contributed by atoms with Crippen molar-refractivity contribution in [3.05, 3.63) is 35.9 Å². The van der Waals surface area contributed by atoms with Crippen LogP contribution in [0.3, 0.4) is 0 Å². The molecule has 0 radical (unpaired) electrons. The molecule has 0 saturated heterocycles. The molecule has 6 heteroatoms. The maximum absolute atomic E-state index is 8.49. The lowest BCUT2D eigenvalue weighted by Crippen LogP contribution is -2.10. The summed E-state index contributed by atoms with van der Waals surface area (Å²) in [4.78, 5) is 0. The summed E-state index contributed by atoms with van der Waals surface area (Å²) in [5, 5.41) is 8.49. The molecule has 0 heterocycles. The third kappa shape index (κ3) is 11.7. The predicted octanol–water partition coefficient (Wildman–Crippen LogP) is 1.89. The van der Waals surface area contributed by atoms with Gasteiger partial charge in [-0.05, 0) is 5.56 Å². The molecule has 0 fully saturated rings. The van der Waals surface area contributed by atoms with E-state index in [-0.39, 0.29) is 6.61 Å². The van der Waals surface area contributed by atoms with Crippen molar-refractivity contribution in [3.63, 3.8) is 0 Å². The van der Waals surface area contributed by atoms with Gasteiger partial charge >= 0.3 is 0 Å². The number of aliphatic hydroxyl groups excluding tert-OH is 1. The Morgan fingerprint density at radius 1 is 0.762 bits per heavy atom. The van der Waals surface area contributed by atoms with Crippen molar-refractivity contribution in [1.29, 1.82) is 0 Å². The van der Waals surface area contributed by atoms with Crippen LogP contribution in [0.4, 0.5) is 0 Å². The van der Waals surface area contributed by atoms with E-state index in [9.17, 15) is 0 Å². The van der Waals surface area contributed by atoms with Crippen LogP contribution in [-0.2, 0) is 25.6 Å². The number of thioether (sulfide) groups is 1. The highest BCUT2D eigenvalue weighted by Gasteiger charge is 1.94. The zero-order chi connectivity index (χ0) is 15.0. The van der Waals surface area contributed by atoms with Crippen LogP contribution in [0.5, 0.6) is 0 Å². The summed E-state index contributed by atoms with van der Waals surface area (Å²) in [6, 6.07) is 10.1. The predicted molar refractivity (Wildman–Crippen MR) is 83.2 cm³/mol. The van der Waals surface area contributed by atoms with Gasteiger partial charge in [-0.3, -0.25) is 0 Å². The molecule has 0 unspecified atom stereocenters. The van der Waals surface area contributed by atoms with E-state index in [2.05, 4.69) is 0 Å². The lowest BCUT2D eigenvalue weighted by molar-refractivity contribution is 0.0140. The summed E-state index contributed by atoms with van der Waals surface area (Å²) in [6.45, 7) is 3.18. The van der Waals surface area contributed by atoms with Gasteiger partial charge in [0.15, 0.2) is 0 Å². The fraction of sp³-hybridized carbons (Fsp3) is 0.600. The minimum absolute atomic E-state index is 0.0483. The van der Waals surface area contributed by atoms with E-state index in [0.717, 1.165) is 0 Å². The average molecular weight is 316 g/mol. The fourth-order valence-corrected chi connectivity index (χ4v) is 1.95. The van der Waals surface area contributed by atoms with Crippen LogP contribution < -0.4 is 0 Å². The summed E-state index contributed by atoms with van der Waals surface area (Å²) >= 11 is 1.59. The molecule has 1 rings (SSSR count). The third-order valence-corrected chi connectivity index (χ3v) is 3.09. The normalized spacial score (nSPS) is 10.9. The molecule has 5 nitrogen and oxygen atoms in total. The molecule has 0 aliphatic carbocycles. The van der Waals surface area contributed by atoms with Crippen LogP contribution in [0, 0.1) is 0 Å². The number of ether oxygens (including phenoxy) is 4. The highest BCUT2D eigenvalue weighted by atomic mass is 32.2. The van der Waals surface area contributed by atoms with E-state index < -0.39 is 0 Å². The number of benzene rings is 1. The Bertz CT molecular complexity index is 323. The van der Waals surface area contributed by atoms with Crippen LogP contribution in [0.1, 0.15) is 5.56 Å². The van der Waals surface area contributed by atoms with Crippen molar-refractivity contribution in [3.8, 4) is 0 Å². The van der Waals surface area contributed by atoms with Gasteiger partial charge in [0.25, 0.3) is 0 Å². The zero-order valence-corrected chi connectivity index (χ0v) is 13.1. The lowest BCUT2D eigenvalue weighted by Gasteiger charge is -2.07. The van der Waals surface area contributed by atoms with Gasteiger partial charge in [-0.2, -0.15) is 0 Å². The highest BCUT2D eigenvalue weighted by Crippen LogP contribution is 2.05. The molecule has 1 aromatic carbocycles. The van der Waals surface area contributed by atoms with Crippen LogP contribution in [-0.4, -0.2) is 56.6 Å². The highest BCUT2D eigenvalue weighted by molar-refractivity contribution is 7.98. The summed E-state index contributed by atoms with van der Waals surface area (Å²) in [5.41, 5.74) is 1.18. The lowest BCUT2D eigenvalue weighted by atomic mass is 10.2. The van der Waals surface area contributed by atoms with E-state index in [4.69, 9.17) is 24.1 Å². The molecule has 0 aliphatic rings. The van der Waals surface area contributed by atoms with Crippen molar-refractivity contribution in [2.45, 2.75) is 6.61 Å². The van der Waals surface area contributed by atoms with E-state index >= 15 is 0 Å². The summed E-state index contributed by atoms with van der Waals surface area (Å²) in [7, 11) is 0. The second-order valence-corrected chi connectivity index (χ2v) is 5.01. The number of aliphatic hydroxyl groups is 1. The molecule has 1 N–H and O–H groups in total. The Balaban J connectivity index is 1.75. The minimum atomic E-state index is 0.0483. The number of hydrogen-bond acceptors (Lipinski definition) is 6. The van der Waals surface area contributed by atoms with Gasteiger partial charge < -0.3 is 24.1 Å². The summed E-state index contributed by atoms with van der Waals surface area (Å²) in [6.07, 6.45) is 0. The Kier molecular flexibility index (Phi) is 12.6. The molecule has 0 saturated carbocycles.